The molecule has 0 bridgehead atoms. The third-order valence-electron chi connectivity index (χ3n) is 7.91. The van der Waals surface area contributed by atoms with Gasteiger partial charge in [-0.25, -0.2) is 0 Å². The highest BCUT2D eigenvalue weighted by molar-refractivity contribution is 5.28. The van der Waals surface area contributed by atoms with Crippen LogP contribution in [-0.2, 0) is 19.3 Å². The quantitative estimate of drug-likeness (QED) is 0.270. The van der Waals surface area contributed by atoms with Gasteiger partial charge in [-0.1, -0.05) is 97.9 Å². The van der Waals surface area contributed by atoms with Crippen LogP contribution in [0.4, 0.5) is 0 Å². The number of hydrogen-bond donors (Lipinski definition) is 0. The van der Waals surface area contributed by atoms with Crippen molar-refractivity contribution >= 4 is 0 Å². The summed E-state index contributed by atoms with van der Waals surface area (Å²) in [6.07, 6.45) is 15.9. The van der Waals surface area contributed by atoms with Crippen molar-refractivity contribution in [3.63, 3.8) is 0 Å². The van der Waals surface area contributed by atoms with Gasteiger partial charge in [0.25, 0.3) is 0 Å². The van der Waals surface area contributed by atoms with Crippen LogP contribution >= 0.6 is 0 Å². The first-order chi connectivity index (χ1) is 16.7. The molecular weight excluding hydrogens is 408 g/mol. The van der Waals surface area contributed by atoms with Crippen LogP contribution in [0.2, 0.25) is 0 Å². The Balaban J connectivity index is 1.19. The van der Waals surface area contributed by atoms with E-state index in [1.165, 1.54) is 60.8 Å². The summed E-state index contributed by atoms with van der Waals surface area (Å²) in [7, 11) is 0. The molecule has 0 amide bonds. The van der Waals surface area contributed by atoms with Crippen LogP contribution in [0.1, 0.15) is 92.0 Å². The van der Waals surface area contributed by atoms with Gasteiger partial charge >= 0.3 is 0 Å². The Kier molecular flexibility index (Phi) is 9.19. The second-order valence-corrected chi connectivity index (χ2v) is 10.4. The number of hydrogen-bond acceptors (Lipinski definition) is 0. The van der Waals surface area contributed by atoms with Gasteiger partial charge in [0.05, 0.1) is 0 Å². The molecule has 0 nitrogen and oxygen atoms in total. The molecule has 178 valence electrons. The SMILES string of the molecule is C/C=C/CCc1ccc(C2CCC(CCc3ccc(C[C@H](C)c4ccccc4)cc3)CC2)cc1. The van der Waals surface area contributed by atoms with E-state index in [4.69, 9.17) is 0 Å². The predicted octanol–water partition coefficient (Wildman–Crippen LogP) is 9.45. The number of rotatable bonds is 10. The Labute approximate surface area is 208 Å². The normalized spacial score (nSPS) is 19.4. The molecule has 4 rings (SSSR count). The van der Waals surface area contributed by atoms with Crippen LogP contribution in [0.15, 0.2) is 91.0 Å². The first-order valence-electron chi connectivity index (χ1n) is 13.5. The minimum atomic E-state index is 0.566. The fourth-order valence-corrected chi connectivity index (χ4v) is 5.62. The molecule has 0 saturated heterocycles. The lowest BCUT2D eigenvalue weighted by molar-refractivity contribution is 0.310. The van der Waals surface area contributed by atoms with Gasteiger partial charge in [-0.15, -0.1) is 0 Å². The van der Waals surface area contributed by atoms with Crippen molar-refractivity contribution in [3.05, 3.63) is 119 Å². The van der Waals surface area contributed by atoms with Crippen LogP contribution < -0.4 is 0 Å². The summed E-state index contributed by atoms with van der Waals surface area (Å²) in [4.78, 5) is 0. The summed E-state index contributed by atoms with van der Waals surface area (Å²) in [5.41, 5.74) is 7.42. The summed E-state index contributed by atoms with van der Waals surface area (Å²) in [6, 6.07) is 29.8. The van der Waals surface area contributed by atoms with Crippen LogP contribution in [0.25, 0.3) is 0 Å². The van der Waals surface area contributed by atoms with E-state index in [0.29, 0.717) is 5.92 Å². The lowest BCUT2D eigenvalue weighted by atomic mass is 9.76. The molecule has 1 aliphatic rings. The molecule has 1 fully saturated rings. The molecule has 0 N–H and O–H groups in total. The summed E-state index contributed by atoms with van der Waals surface area (Å²) < 4.78 is 0. The topological polar surface area (TPSA) is 0 Å². The minimum absolute atomic E-state index is 0.566. The molecule has 0 unspecified atom stereocenters. The molecule has 3 aromatic carbocycles. The summed E-state index contributed by atoms with van der Waals surface area (Å²) in [6.45, 7) is 4.43. The lowest BCUT2D eigenvalue weighted by Crippen LogP contribution is -2.14. The largest absolute Gasteiger partial charge is 0.0917 e. The van der Waals surface area contributed by atoms with Gasteiger partial charge in [0.2, 0.25) is 0 Å². The van der Waals surface area contributed by atoms with E-state index in [-0.39, 0.29) is 0 Å². The molecule has 0 spiro atoms. The monoisotopic (exact) mass is 450 g/mol. The van der Waals surface area contributed by atoms with Crippen molar-refractivity contribution < 1.29 is 0 Å². The molecule has 1 saturated carbocycles. The third kappa shape index (κ3) is 7.20. The highest BCUT2D eigenvalue weighted by Crippen LogP contribution is 2.37. The maximum atomic E-state index is 2.40. The Hall–Kier alpha value is -2.60. The minimum Gasteiger partial charge on any atom is -0.0917 e. The van der Waals surface area contributed by atoms with Gasteiger partial charge in [0, 0.05) is 0 Å². The highest BCUT2D eigenvalue weighted by Gasteiger charge is 2.22. The average Bonchev–Trinajstić information content (AvgIpc) is 2.90. The van der Waals surface area contributed by atoms with Gasteiger partial charge in [-0.3, -0.25) is 0 Å². The second kappa shape index (κ2) is 12.7. The number of allylic oxidation sites excluding steroid dienone is 2. The molecule has 3 aromatic rings. The van der Waals surface area contributed by atoms with E-state index in [2.05, 4.69) is 105 Å². The van der Waals surface area contributed by atoms with Crippen molar-refractivity contribution in [2.45, 2.75) is 83.5 Å². The molecule has 0 aromatic heterocycles. The van der Waals surface area contributed by atoms with Gasteiger partial charge in [-0.05, 0) is 110 Å². The summed E-state index contributed by atoms with van der Waals surface area (Å²) in [5, 5.41) is 0. The van der Waals surface area contributed by atoms with Gasteiger partial charge < -0.3 is 0 Å². The zero-order valence-electron chi connectivity index (χ0n) is 21.3. The smallest absolute Gasteiger partial charge is 0.0150 e. The lowest BCUT2D eigenvalue weighted by Gasteiger charge is -2.29. The molecule has 0 heteroatoms. The number of benzene rings is 3. The van der Waals surface area contributed by atoms with E-state index >= 15 is 0 Å². The van der Waals surface area contributed by atoms with E-state index in [1.807, 2.05) is 0 Å². The molecule has 34 heavy (non-hydrogen) atoms. The van der Waals surface area contributed by atoms with Crippen LogP contribution in [0, 0.1) is 5.92 Å². The third-order valence-corrected chi connectivity index (χ3v) is 7.91. The summed E-state index contributed by atoms with van der Waals surface area (Å²) in [5.74, 6) is 2.23. The Morgan fingerprint density at radius 1 is 0.735 bits per heavy atom. The predicted molar refractivity (Wildman–Crippen MR) is 148 cm³/mol. The zero-order valence-corrected chi connectivity index (χ0v) is 21.3. The van der Waals surface area contributed by atoms with Crippen LogP contribution in [-0.4, -0.2) is 0 Å². The molecular formula is C34H42. The van der Waals surface area contributed by atoms with Crippen molar-refractivity contribution in [2.75, 3.05) is 0 Å². The van der Waals surface area contributed by atoms with Gasteiger partial charge in [-0.2, -0.15) is 0 Å². The van der Waals surface area contributed by atoms with E-state index in [9.17, 15) is 0 Å². The maximum absolute atomic E-state index is 2.40. The van der Waals surface area contributed by atoms with E-state index in [1.54, 1.807) is 5.56 Å². The first-order valence-corrected chi connectivity index (χ1v) is 13.5. The zero-order chi connectivity index (χ0) is 23.6. The fourth-order valence-electron chi connectivity index (χ4n) is 5.62. The fraction of sp³-hybridized carbons (Fsp3) is 0.412. The summed E-state index contributed by atoms with van der Waals surface area (Å²) >= 11 is 0. The standard InChI is InChI=1S/C34H42/c1-3-4-6-9-28-18-22-33(23-19-28)34-24-20-30(21-25-34)13-12-29-14-16-31(17-15-29)26-27(2)32-10-7-5-8-11-32/h3-5,7-8,10-11,14-19,22-23,27,30,34H,6,9,12-13,20-21,24-26H2,1-2H3/b4-3+/t27-,30?,34?/m0/s1. The van der Waals surface area contributed by atoms with Crippen LogP contribution in [0.5, 0.6) is 0 Å². The maximum Gasteiger partial charge on any atom is -0.0150 e. The Bertz CT molecular complexity index is 986. The van der Waals surface area contributed by atoms with Crippen LogP contribution in [0.3, 0.4) is 0 Å². The van der Waals surface area contributed by atoms with Crippen molar-refractivity contribution in [1.29, 1.82) is 0 Å². The van der Waals surface area contributed by atoms with Crippen molar-refractivity contribution in [3.8, 4) is 0 Å². The van der Waals surface area contributed by atoms with Crippen molar-refractivity contribution in [1.82, 2.24) is 0 Å². The second-order valence-electron chi connectivity index (χ2n) is 10.4. The van der Waals surface area contributed by atoms with Gasteiger partial charge in [0.15, 0.2) is 0 Å². The molecule has 1 atom stereocenters. The first kappa shape index (κ1) is 24.5. The van der Waals surface area contributed by atoms with Crippen molar-refractivity contribution in [2.24, 2.45) is 5.92 Å². The number of aryl methyl sites for hydroxylation is 2. The van der Waals surface area contributed by atoms with E-state index < -0.39 is 0 Å². The Morgan fingerprint density at radius 3 is 2.03 bits per heavy atom. The molecule has 0 radical (unpaired) electrons. The molecule has 0 heterocycles. The van der Waals surface area contributed by atoms with E-state index in [0.717, 1.165) is 31.1 Å². The van der Waals surface area contributed by atoms with Gasteiger partial charge in [0.1, 0.15) is 0 Å². The molecule has 1 aliphatic carbocycles. The molecule has 0 aliphatic heterocycles. The Morgan fingerprint density at radius 2 is 1.35 bits per heavy atom. The average molecular weight is 451 g/mol. The highest BCUT2D eigenvalue weighted by atomic mass is 14.3.